The van der Waals surface area contributed by atoms with Gasteiger partial charge >= 0.3 is 0 Å². The van der Waals surface area contributed by atoms with E-state index in [1.54, 1.807) is 59.4 Å². The van der Waals surface area contributed by atoms with Crippen molar-refractivity contribution >= 4 is 40.0 Å². The molecule has 0 radical (unpaired) electrons. The van der Waals surface area contributed by atoms with Gasteiger partial charge in [0, 0.05) is 32.2 Å². The number of nitrogens with one attached hydrogen (secondary N) is 1. The number of amides is 2. The lowest BCUT2D eigenvalue weighted by Crippen LogP contribution is -2.35. The number of methoxy groups -OCH3 is 1. The Morgan fingerprint density at radius 2 is 2.06 bits per heavy atom. The first-order valence-electron chi connectivity index (χ1n) is 10.3. The Balaban J connectivity index is 1.64. The van der Waals surface area contributed by atoms with E-state index in [1.165, 1.54) is 0 Å². The molecule has 2 amide bonds. The summed E-state index contributed by atoms with van der Waals surface area (Å²) in [5.74, 6) is 0.0927. The van der Waals surface area contributed by atoms with Gasteiger partial charge in [0.05, 0.1) is 34.8 Å². The van der Waals surface area contributed by atoms with Crippen LogP contribution >= 0.6 is 11.6 Å². The first-order chi connectivity index (χ1) is 15.5. The SMILES string of the molecule is COCCN(Cc1nc2ccccc2c(=O)[nH]1)C(=O)c1ccc(Cl)c(N2CCCC2=O)c1. The number of aromatic amines is 1. The van der Waals surface area contributed by atoms with Crippen LogP contribution in [-0.2, 0) is 16.1 Å². The summed E-state index contributed by atoms with van der Waals surface area (Å²) >= 11 is 6.32. The molecule has 2 aromatic carbocycles. The second kappa shape index (κ2) is 9.50. The maximum Gasteiger partial charge on any atom is 0.258 e. The third-order valence-electron chi connectivity index (χ3n) is 5.41. The third kappa shape index (κ3) is 4.51. The van der Waals surface area contributed by atoms with E-state index in [4.69, 9.17) is 16.3 Å². The van der Waals surface area contributed by atoms with Crippen molar-refractivity contribution in [2.45, 2.75) is 19.4 Å². The van der Waals surface area contributed by atoms with E-state index in [0.29, 0.717) is 59.1 Å². The number of carbonyl (C=O) groups is 2. The number of hydrogen-bond acceptors (Lipinski definition) is 5. The molecule has 2 heterocycles. The van der Waals surface area contributed by atoms with Crippen molar-refractivity contribution in [1.82, 2.24) is 14.9 Å². The number of halogens is 1. The molecule has 32 heavy (non-hydrogen) atoms. The number of nitrogens with zero attached hydrogens (tertiary/aromatic N) is 3. The Bertz CT molecular complexity index is 1230. The van der Waals surface area contributed by atoms with Crippen LogP contribution in [0.1, 0.15) is 29.0 Å². The number of para-hydroxylation sites is 1. The second-order valence-corrected chi connectivity index (χ2v) is 7.97. The number of aromatic nitrogens is 2. The summed E-state index contributed by atoms with van der Waals surface area (Å²) < 4.78 is 5.17. The Hall–Kier alpha value is -3.23. The molecule has 166 valence electrons. The van der Waals surface area contributed by atoms with Gasteiger partial charge in [-0.1, -0.05) is 23.7 Å². The summed E-state index contributed by atoms with van der Waals surface area (Å²) in [4.78, 5) is 48.4. The molecule has 1 saturated heterocycles. The molecular formula is C23H23ClN4O4. The molecule has 3 aromatic rings. The Labute approximate surface area is 189 Å². The molecular weight excluding hydrogens is 432 g/mol. The van der Waals surface area contributed by atoms with Gasteiger partial charge in [0.1, 0.15) is 5.82 Å². The monoisotopic (exact) mass is 454 g/mol. The number of H-pyrrole nitrogens is 1. The fourth-order valence-corrected chi connectivity index (χ4v) is 4.00. The summed E-state index contributed by atoms with van der Waals surface area (Å²) in [6.45, 7) is 1.29. The maximum atomic E-state index is 13.4. The highest BCUT2D eigenvalue weighted by Crippen LogP contribution is 2.31. The summed E-state index contributed by atoms with van der Waals surface area (Å²) in [6.07, 6.45) is 1.23. The van der Waals surface area contributed by atoms with Crippen LogP contribution in [0.5, 0.6) is 0 Å². The van der Waals surface area contributed by atoms with Crippen molar-refractivity contribution in [3.05, 3.63) is 69.2 Å². The molecule has 4 rings (SSSR count). The van der Waals surface area contributed by atoms with Crippen LogP contribution in [0.15, 0.2) is 47.3 Å². The minimum absolute atomic E-state index is 0.00863. The third-order valence-corrected chi connectivity index (χ3v) is 5.73. The average molecular weight is 455 g/mol. The smallest absolute Gasteiger partial charge is 0.258 e. The summed E-state index contributed by atoms with van der Waals surface area (Å²) in [6, 6.07) is 11.9. The summed E-state index contributed by atoms with van der Waals surface area (Å²) in [5.41, 5.74) is 1.23. The predicted octanol–water partition coefficient (Wildman–Crippen LogP) is 2.99. The molecule has 0 saturated carbocycles. The van der Waals surface area contributed by atoms with Crippen LogP contribution < -0.4 is 10.5 Å². The standard InChI is InChI=1S/C23H23ClN4O4/c1-32-12-11-27(14-20-25-18-6-3-2-5-16(18)22(30)26-20)23(31)15-8-9-17(24)19(13-15)28-10-4-7-21(28)29/h2-3,5-6,8-9,13H,4,7,10-12,14H2,1H3,(H,25,26,30). The number of carbonyl (C=O) groups excluding carboxylic acids is 2. The quantitative estimate of drug-likeness (QED) is 0.592. The van der Waals surface area contributed by atoms with Gasteiger partial charge in [0.15, 0.2) is 0 Å². The molecule has 9 heteroatoms. The van der Waals surface area contributed by atoms with Gasteiger partial charge in [-0.15, -0.1) is 0 Å². The Morgan fingerprint density at radius 3 is 2.81 bits per heavy atom. The molecule has 1 aliphatic rings. The minimum Gasteiger partial charge on any atom is -0.383 e. The minimum atomic E-state index is -0.276. The van der Waals surface area contributed by atoms with Crippen molar-refractivity contribution in [3.63, 3.8) is 0 Å². The molecule has 0 atom stereocenters. The number of ether oxygens (including phenoxy) is 1. The number of anilines is 1. The highest BCUT2D eigenvalue weighted by molar-refractivity contribution is 6.34. The zero-order valence-corrected chi connectivity index (χ0v) is 18.4. The van der Waals surface area contributed by atoms with Crippen LogP contribution in [0.3, 0.4) is 0 Å². The lowest BCUT2D eigenvalue weighted by atomic mass is 10.1. The first kappa shape index (κ1) is 22.0. The van der Waals surface area contributed by atoms with Gasteiger partial charge in [0.2, 0.25) is 5.91 Å². The van der Waals surface area contributed by atoms with Crippen molar-refractivity contribution in [2.24, 2.45) is 0 Å². The molecule has 1 fully saturated rings. The maximum absolute atomic E-state index is 13.4. The molecule has 1 aromatic heterocycles. The number of fused-ring (bicyclic) bond motifs is 1. The highest BCUT2D eigenvalue weighted by Gasteiger charge is 2.25. The highest BCUT2D eigenvalue weighted by atomic mass is 35.5. The van der Waals surface area contributed by atoms with Gasteiger partial charge in [-0.3, -0.25) is 14.4 Å². The summed E-state index contributed by atoms with van der Waals surface area (Å²) in [5, 5.41) is 0.907. The van der Waals surface area contributed by atoms with Crippen LogP contribution in [0, 0.1) is 0 Å². The van der Waals surface area contributed by atoms with E-state index in [2.05, 4.69) is 9.97 Å². The average Bonchev–Trinajstić information content (AvgIpc) is 3.22. The zero-order chi connectivity index (χ0) is 22.7. The van der Waals surface area contributed by atoms with Crippen LogP contribution in [0.4, 0.5) is 5.69 Å². The van der Waals surface area contributed by atoms with Gasteiger partial charge in [-0.25, -0.2) is 4.98 Å². The van der Waals surface area contributed by atoms with Crippen LogP contribution in [-0.4, -0.2) is 53.5 Å². The molecule has 1 N–H and O–H groups in total. The van der Waals surface area contributed by atoms with Crippen molar-refractivity contribution in [1.29, 1.82) is 0 Å². The van der Waals surface area contributed by atoms with E-state index >= 15 is 0 Å². The number of rotatable bonds is 7. The molecule has 0 bridgehead atoms. The van der Waals surface area contributed by atoms with Gasteiger partial charge in [-0.05, 0) is 36.8 Å². The largest absolute Gasteiger partial charge is 0.383 e. The van der Waals surface area contributed by atoms with Gasteiger partial charge in [0.25, 0.3) is 11.5 Å². The van der Waals surface area contributed by atoms with Crippen LogP contribution in [0.2, 0.25) is 5.02 Å². The van der Waals surface area contributed by atoms with Crippen molar-refractivity contribution < 1.29 is 14.3 Å². The van der Waals surface area contributed by atoms with Crippen molar-refractivity contribution in [3.8, 4) is 0 Å². The predicted molar refractivity (Wildman–Crippen MR) is 122 cm³/mol. The molecule has 0 unspecified atom stereocenters. The number of hydrogen-bond donors (Lipinski definition) is 1. The molecule has 8 nitrogen and oxygen atoms in total. The zero-order valence-electron chi connectivity index (χ0n) is 17.6. The van der Waals surface area contributed by atoms with Crippen LogP contribution in [0.25, 0.3) is 10.9 Å². The van der Waals surface area contributed by atoms with E-state index < -0.39 is 0 Å². The van der Waals surface area contributed by atoms with E-state index in [9.17, 15) is 14.4 Å². The lowest BCUT2D eigenvalue weighted by Gasteiger charge is -2.23. The fourth-order valence-electron chi connectivity index (χ4n) is 3.78. The normalized spacial score (nSPS) is 13.7. The summed E-state index contributed by atoms with van der Waals surface area (Å²) in [7, 11) is 1.55. The van der Waals surface area contributed by atoms with E-state index in [0.717, 1.165) is 6.42 Å². The topological polar surface area (TPSA) is 95.6 Å². The first-order valence-corrected chi connectivity index (χ1v) is 10.7. The fraction of sp³-hybridized carbons (Fsp3) is 0.304. The van der Waals surface area contributed by atoms with E-state index in [-0.39, 0.29) is 23.9 Å². The van der Waals surface area contributed by atoms with E-state index in [1.807, 2.05) is 0 Å². The second-order valence-electron chi connectivity index (χ2n) is 7.56. The molecule has 0 aliphatic carbocycles. The molecule has 0 spiro atoms. The molecule has 1 aliphatic heterocycles. The Morgan fingerprint density at radius 1 is 1.25 bits per heavy atom. The lowest BCUT2D eigenvalue weighted by molar-refractivity contribution is -0.117. The van der Waals surface area contributed by atoms with Gasteiger partial charge in [-0.2, -0.15) is 0 Å². The van der Waals surface area contributed by atoms with Crippen molar-refractivity contribution in [2.75, 3.05) is 31.7 Å². The number of benzene rings is 2. The Kier molecular flexibility index (Phi) is 6.53. The van der Waals surface area contributed by atoms with Gasteiger partial charge < -0.3 is 19.5 Å².